The average Bonchev–Trinajstić information content (AvgIpc) is 2.70. The van der Waals surface area contributed by atoms with E-state index >= 15 is 0 Å². The number of imide groups is 2. The molecule has 3 rings (SSSR count). The van der Waals surface area contributed by atoms with Crippen molar-refractivity contribution in [1.29, 1.82) is 0 Å². The number of hydrogen-bond donors (Lipinski definition) is 1. The van der Waals surface area contributed by atoms with Gasteiger partial charge in [0, 0.05) is 11.8 Å². The van der Waals surface area contributed by atoms with Crippen molar-refractivity contribution in [2.75, 3.05) is 7.11 Å². The highest BCUT2D eigenvalue weighted by atomic mass is 19.1. The van der Waals surface area contributed by atoms with E-state index in [1.54, 1.807) is 0 Å². The number of amides is 4. The molecule has 4 amide bonds. The van der Waals surface area contributed by atoms with Crippen LogP contribution in [0.1, 0.15) is 11.1 Å². The van der Waals surface area contributed by atoms with Gasteiger partial charge in [-0.2, -0.15) is 0 Å². The van der Waals surface area contributed by atoms with Crippen molar-refractivity contribution in [1.82, 2.24) is 10.2 Å². The molecule has 2 aromatic carbocycles. The average molecular weight is 414 g/mol. The summed E-state index contributed by atoms with van der Waals surface area (Å²) in [6, 6.07) is 6.10. The van der Waals surface area contributed by atoms with Gasteiger partial charge < -0.3 is 9.84 Å². The lowest BCUT2D eigenvalue weighted by atomic mass is 10.1. The van der Waals surface area contributed by atoms with Crippen molar-refractivity contribution in [2.45, 2.75) is 6.54 Å². The zero-order valence-corrected chi connectivity index (χ0v) is 15.4. The van der Waals surface area contributed by atoms with Gasteiger partial charge in [0.05, 0.1) is 18.6 Å². The van der Waals surface area contributed by atoms with Crippen LogP contribution in [0.25, 0.3) is 6.08 Å². The summed E-state index contributed by atoms with van der Waals surface area (Å²) in [5, 5.41) is 25.0. The molecule has 10 nitrogen and oxygen atoms in total. The fraction of sp³-hybridized carbons (Fsp3) is 0.105. The van der Waals surface area contributed by atoms with Crippen molar-refractivity contribution in [3.05, 3.63) is 69.0 Å². The topological polar surface area (TPSA) is 142 Å². The standard InChI is InChI=1S/C19H14FN3O7/c1-30-15-8-11(7-14(16(15)24)23(28)29)6-13-17(25)21-19(27)22(18(13)26)9-10-2-4-12(20)5-3-10/h2-8,24H,9H2,1H3,(H,21,25,27)/p-1/b13-6-. The summed E-state index contributed by atoms with van der Waals surface area (Å²) in [5.74, 6) is -3.77. The summed E-state index contributed by atoms with van der Waals surface area (Å²) in [4.78, 5) is 47.9. The molecule has 1 fully saturated rings. The molecule has 2 aromatic rings. The number of methoxy groups -OCH3 is 1. The van der Waals surface area contributed by atoms with E-state index in [-0.39, 0.29) is 17.9 Å². The Morgan fingerprint density at radius 3 is 2.47 bits per heavy atom. The summed E-state index contributed by atoms with van der Waals surface area (Å²) in [6.07, 6.45) is 1.01. The van der Waals surface area contributed by atoms with E-state index in [9.17, 15) is 34.0 Å². The maximum atomic E-state index is 13.1. The van der Waals surface area contributed by atoms with Crippen LogP contribution in [-0.4, -0.2) is 34.8 Å². The van der Waals surface area contributed by atoms with Crippen LogP contribution < -0.4 is 15.2 Å². The van der Waals surface area contributed by atoms with Gasteiger partial charge in [0.2, 0.25) is 0 Å². The number of nitro benzene ring substituents is 1. The molecule has 1 N–H and O–H groups in total. The number of nitrogens with zero attached hydrogens (tertiary/aromatic N) is 2. The lowest BCUT2D eigenvalue weighted by Gasteiger charge is -2.26. The molecule has 154 valence electrons. The van der Waals surface area contributed by atoms with Gasteiger partial charge in [-0.3, -0.25) is 29.9 Å². The van der Waals surface area contributed by atoms with Crippen molar-refractivity contribution in [3.63, 3.8) is 0 Å². The van der Waals surface area contributed by atoms with Crippen LogP contribution in [0.2, 0.25) is 0 Å². The molecule has 0 saturated carbocycles. The van der Waals surface area contributed by atoms with E-state index in [0.717, 1.165) is 42.4 Å². The van der Waals surface area contributed by atoms with E-state index in [2.05, 4.69) is 0 Å². The second-order valence-corrected chi connectivity index (χ2v) is 6.16. The zero-order chi connectivity index (χ0) is 22.0. The molecule has 0 spiro atoms. The van der Waals surface area contributed by atoms with E-state index in [1.807, 2.05) is 5.32 Å². The second kappa shape index (κ2) is 7.99. The Labute approximate surface area is 168 Å². The highest BCUT2D eigenvalue weighted by Crippen LogP contribution is 2.35. The Morgan fingerprint density at radius 1 is 1.20 bits per heavy atom. The van der Waals surface area contributed by atoms with Gasteiger partial charge in [-0.15, -0.1) is 0 Å². The number of rotatable bonds is 5. The summed E-state index contributed by atoms with van der Waals surface area (Å²) >= 11 is 0. The third-order valence-corrected chi connectivity index (χ3v) is 4.22. The Hall–Kier alpha value is -4.28. The van der Waals surface area contributed by atoms with E-state index in [4.69, 9.17) is 4.74 Å². The molecule has 11 heteroatoms. The van der Waals surface area contributed by atoms with Crippen LogP contribution in [0.4, 0.5) is 14.9 Å². The molecule has 1 saturated heterocycles. The first kappa shape index (κ1) is 20.5. The first-order valence-electron chi connectivity index (χ1n) is 8.38. The number of benzene rings is 2. The van der Waals surface area contributed by atoms with Gasteiger partial charge in [-0.25, -0.2) is 9.18 Å². The third-order valence-electron chi connectivity index (χ3n) is 4.22. The minimum absolute atomic E-state index is 0.0206. The summed E-state index contributed by atoms with van der Waals surface area (Å²) in [5.41, 5.74) is -0.870. The molecule has 0 radical (unpaired) electrons. The van der Waals surface area contributed by atoms with Gasteiger partial charge in [0.15, 0.2) is 0 Å². The first-order chi connectivity index (χ1) is 14.2. The van der Waals surface area contributed by atoms with Crippen LogP contribution >= 0.6 is 0 Å². The zero-order valence-electron chi connectivity index (χ0n) is 15.4. The van der Waals surface area contributed by atoms with Gasteiger partial charge in [0.1, 0.15) is 17.1 Å². The van der Waals surface area contributed by atoms with E-state index < -0.39 is 45.6 Å². The molecule has 1 aliphatic rings. The quantitative estimate of drug-likeness (QED) is 0.338. The predicted molar refractivity (Wildman–Crippen MR) is 97.6 cm³/mol. The van der Waals surface area contributed by atoms with Crippen LogP contribution in [0, 0.1) is 15.9 Å². The van der Waals surface area contributed by atoms with Crippen LogP contribution in [0.15, 0.2) is 42.0 Å². The fourth-order valence-electron chi connectivity index (χ4n) is 2.76. The lowest BCUT2D eigenvalue weighted by molar-refractivity contribution is -0.398. The van der Waals surface area contributed by atoms with Crippen molar-refractivity contribution in [2.24, 2.45) is 0 Å². The normalized spacial score (nSPS) is 15.3. The molecular formula is C19H13FN3O7-. The Balaban J connectivity index is 1.99. The molecule has 0 aromatic heterocycles. The maximum Gasteiger partial charge on any atom is 0.331 e. The number of ether oxygens (including phenoxy) is 1. The van der Waals surface area contributed by atoms with Gasteiger partial charge in [0.25, 0.3) is 17.5 Å². The molecule has 0 aliphatic carbocycles. The molecule has 0 atom stereocenters. The second-order valence-electron chi connectivity index (χ2n) is 6.16. The highest BCUT2D eigenvalue weighted by Gasteiger charge is 2.35. The minimum atomic E-state index is -1.01. The molecule has 30 heavy (non-hydrogen) atoms. The number of carbonyl (C=O) groups excluding carboxylic acids is 3. The molecule has 0 bridgehead atoms. The SMILES string of the molecule is COc1cc(/C=C2/C(=O)NC(=O)N(Cc3ccc(F)cc3)C2=O)cc([N+](=O)[O-])c1[O-]. The predicted octanol–water partition coefficient (Wildman–Crippen LogP) is 1.48. The van der Waals surface area contributed by atoms with Gasteiger partial charge in [-0.1, -0.05) is 12.1 Å². The summed E-state index contributed by atoms with van der Waals surface area (Å²) < 4.78 is 17.9. The lowest BCUT2D eigenvalue weighted by Crippen LogP contribution is -2.53. The maximum absolute atomic E-state index is 13.1. The number of halogens is 1. The van der Waals surface area contributed by atoms with Crippen molar-refractivity contribution >= 4 is 29.6 Å². The van der Waals surface area contributed by atoms with E-state index in [0.29, 0.717) is 5.56 Å². The number of carbonyl (C=O) groups is 3. The van der Waals surface area contributed by atoms with Crippen LogP contribution in [-0.2, 0) is 16.1 Å². The van der Waals surface area contributed by atoms with Crippen molar-refractivity contribution in [3.8, 4) is 11.5 Å². The summed E-state index contributed by atoms with van der Waals surface area (Å²) in [7, 11) is 1.14. The minimum Gasteiger partial charge on any atom is -0.865 e. The number of barbiturate groups is 1. The van der Waals surface area contributed by atoms with E-state index in [1.165, 1.54) is 12.1 Å². The number of nitro groups is 1. The fourth-order valence-corrected chi connectivity index (χ4v) is 2.76. The highest BCUT2D eigenvalue weighted by molar-refractivity contribution is 6.31. The monoisotopic (exact) mass is 414 g/mol. The largest absolute Gasteiger partial charge is 0.865 e. The number of urea groups is 1. The molecule has 0 unspecified atom stereocenters. The number of hydrogen-bond acceptors (Lipinski definition) is 7. The Morgan fingerprint density at radius 2 is 1.87 bits per heavy atom. The molecule has 1 aliphatic heterocycles. The van der Waals surface area contributed by atoms with Crippen LogP contribution in [0.3, 0.4) is 0 Å². The first-order valence-corrected chi connectivity index (χ1v) is 8.38. The summed E-state index contributed by atoms with van der Waals surface area (Å²) in [6.45, 7) is -0.238. The molecule has 1 heterocycles. The Kier molecular flexibility index (Phi) is 5.45. The Bertz CT molecular complexity index is 1100. The smallest absolute Gasteiger partial charge is 0.331 e. The van der Waals surface area contributed by atoms with Crippen molar-refractivity contribution < 1.29 is 33.5 Å². The van der Waals surface area contributed by atoms with Gasteiger partial charge >= 0.3 is 6.03 Å². The third kappa shape index (κ3) is 3.94. The van der Waals surface area contributed by atoms with Crippen LogP contribution in [0.5, 0.6) is 11.5 Å². The molecular weight excluding hydrogens is 401 g/mol. The number of nitrogens with one attached hydrogen (secondary N) is 1. The van der Waals surface area contributed by atoms with Gasteiger partial charge in [-0.05, 0) is 35.4 Å².